The summed E-state index contributed by atoms with van der Waals surface area (Å²) in [4.78, 5) is 13.2. The summed E-state index contributed by atoms with van der Waals surface area (Å²) in [7, 11) is 0. The van der Waals surface area contributed by atoms with Gasteiger partial charge < -0.3 is 5.32 Å². The molecule has 1 heterocycles. The van der Waals surface area contributed by atoms with Crippen molar-refractivity contribution in [2.75, 3.05) is 19.6 Å². The van der Waals surface area contributed by atoms with E-state index in [2.05, 4.69) is 17.1 Å². The van der Waals surface area contributed by atoms with Crippen LogP contribution in [0.4, 0.5) is 5.69 Å². The highest BCUT2D eigenvalue weighted by molar-refractivity contribution is 5.85. The lowest BCUT2D eigenvalue weighted by Crippen LogP contribution is -2.37. The number of nitrogens with one attached hydrogen (secondary N) is 1. The van der Waals surface area contributed by atoms with E-state index in [0.717, 1.165) is 50.1 Å². The number of nitro benzene ring substituents is 1. The number of nitro groups is 1. The van der Waals surface area contributed by atoms with E-state index in [1.54, 1.807) is 12.1 Å². The summed E-state index contributed by atoms with van der Waals surface area (Å²) in [5.74, 6) is 0. The zero-order valence-corrected chi connectivity index (χ0v) is 13.5. The Labute approximate surface area is 132 Å². The first-order chi connectivity index (χ1) is 9.63. The van der Waals surface area contributed by atoms with Gasteiger partial charge in [0.1, 0.15) is 0 Å². The number of halogens is 1. The highest BCUT2D eigenvalue weighted by Crippen LogP contribution is 2.23. The molecule has 6 heteroatoms. The number of hydrogen-bond donors (Lipinski definition) is 1. The van der Waals surface area contributed by atoms with Crippen LogP contribution in [0.3, 0.4) is 0 Å². The Balaban J connectivity index is 0.00000220. The van der Waals surface area contributed by atoms with E-state index in [4.69, 9.17) is 0 Å². The van der Waals surface area contributed by atoms with E-state index in [0.29, 0.717) is 6.04 Å². The SMILES string of the molecule is CCCN(Cc1cccc([N+](=O)[O-])c1C)C1CCNC1.Cl. The minimum atomic E-state index is -0.292. The minimum Gasteiger partial charge on any atom is -0.315 e. The van der Waals surface area contributed by atoms with Crippen LogP contribution in [-0.4, -0.2) is 35.5 Å². The molecule has 5 nitrogen and oxygen atoms in total. The Morgan fingerprint density at radius 3 is 2.81 bits per heavy atom. The second-order valence-corrected chi connectivity index (χ2v) is 5.44. The van der Waals surface area contributed by atoms with E-state index in [1.165, 1.54) is 0 Å². The fraction of sp³-hybridized carbons (Fsp3) is 0.600. The molecule has 1 fully saturated rings. The van der Waals surface area contributed by atoms with Crippen molar-refractivity contribution in [2.24, 2.45) is 0 Å². The summed E-state index contributed by atoms with van der Waals surface area (Å²) in [6, 6.07) is 5.93. The molecule has 2 rings (SSSR count). The first-order valence-corrected chi connectivity index (χ1v) is 7.31. The maximum Gasteiger partial charge on any atom is 0.272 e. The molecule has 1 unspecified atom stereocenters. The van der Waals surface area contributed by atoms with Gasteiger partial charge in [-0.15, -0.1) is 12.4 Å². The smallest absolute Gasteiger partial charge is 0.272 e. The highest BCUT2D eigenvalue weighted by atomic mass is 35.5. The molecular weight excluding hydrogens is 290 g/mol. The first kappa shape index (κ1) is 17.9. The van der Waals surface area contributed by atoms with Gasteiger partial charge in [-0.05, 0) is 38.4 Å². The van der Waals surface area contributed by atoms with Gasteiger partial charge in [-0.2, -0.15) is 0 Å². The van der Waals surface area contributed by atoms with E-state index in [-0.39, 0.29) is 23.0 Å². The zero-order valence-electron chi connectivity index (χ0n) is 12.7. The molecule has 0 radical (unpaired) electrons. The molecular formula is C15H24ClN3O2. The van der Waals surface area contributed by atoms with Crippen LogP contribution in [0.5, 0.6) is 0 Å². The summed E-state index contributed by atoms with van der Waals surface area (Å²) >= 11 is 0. The topological polar surface area (TPSA) is 58.4 Å². The Kier molecular flexibility index (Phi) is 7.08. The largest absolute Gasteiger partial charge is 0.315 e. The van der Waals surface area contributed by atoms with Crippen molar-refractivity contribution in [1.29, 1.82) is 0 Å². The third-order valence-electron chi connectivity index (χ3n) is 4.05. The van der Waals surface area contributed by atoms with Gasteiger partial charge in [0, 0.05) is 30.8 Å². The van der Waals surface area contributed by atoms with Gasteiger partial charge >= 0.3 is 0 Å². The average molecular weight is 314 g/mol. The van der Waals surface area contributed by atoms with Crippen molar-refractivity contribution in [3.05, 3.63) is 39.4 Å². The number of nitrogens with zero attached hydrogens (tertiary/aromatic N) is 2. The molecule has 1 aliphatic heterocycles. The number of hydrogen-bond acceptors (Lipinski definition) is 4. The Morgan fingerprint density at radius 1 is 1.48 bits per heavy atom. The molecule has 1 atom stereocenters. The van der Waals surface area contributed by atoms with Crippen molar-refractivity contribution in [2.45, 2.75) is 39.3 Å². The fourth-order valence-corrected chi connectivity index (χ4v) is 2.89. The monoisotopic (exact) mass is 313 g/mol. The lowest BCUT2D eigenvalue weighted by molar-refractivity contribution is -0.385. The molecule has 0 aliphatic carbocycles. The van der Waals surface area contributed by atoms with E-state index in [1.807, 2.05) is 13.0 Å². The molecule has 1 aromatic rings. The zero-order chi connectivity index (χ0) is 14.5. The third-order valence-corrected chi connectivity index (χ3v) is 4.05. The standard InChI is InChI=1S/C15H23N3O2.ClH/c1-3-9-17(14-7-8-16-10-14)11-13-5-4-6-15(12(13)2)18(19)20;/h4-6,14,16H,3,7-11H2,1-2H3;1H. The predicted molar refractivity (Wildman–Crippen MR) is 87.1 cm³/mol. The maximum absolute atomic E-state index is 11.0. The minimum absolute atomic E-state index is 0. The predicted octanol–water partition coefficient (Wildman–Crippen LogP) is 2.90. The van der Waals surface area contributed by atoms with E-state index in [9.17, 15) is 10.1 Å². The normalized spacial score (nSPS) is 17.8. The van der Waals surface area contributed by atoms with Gasteiger partial charge in [-0.1, -0.05) is 19.1 Å². The summed E-state index contributed by atoms with van der Waals surface area (Å²) < 4.78 is 0. The van der Waals surface area contributed by atoms with Gasteiger partial charge in [-0.3, -0.25) is 15.0 Å². The van der Waals surface area contributed by atoms with Crippen molar-refractivity contribution in [3.8, 4) is 0 Å². The molecule has 21 heavy (non-hydrogen) atoms. The van der Waals surface area contributed by atoms with Crippen LogP contribution in [0.15, 0.2) is 18.2 Å². The molecule has 0 spiro atoms. The van der Waals surface area contributed by atoms with E-state index >= 15 is 0 Å². The molecule has 0 saturated carbocycles. The fourth-order valence-electron chi connectivity index (χ4n) is 2.89. The Hall–Kier alpha value is -1.17. The summed E-state index contributed by atoms with van der Waals surface area (Å²) in [6.45, 7) is 7.95. The van der Waals surface area contributed by atoms with Crippen molar-refractivity contribution < 1.29 is 4.92 Å². The van der Waals surface area contributed by atoms with Crippen LogP contribution in [0.2, 0.25) is 0 Å². The van der Waals surface area contributed by atoms with Crippen LogP contribution in [0, 0.1) is 17.0 Å². The van der Waals surface area contributed by atoms with Gasteiger partial charge in [-0.25, -0.2) is 0 Å². The third kappa shape index (κ3) is 4.40. The molecule has 1 aliphatic rings. The van der Waals surface area contributed by atoms with Gasteiger partial charge in [0.25, 0.3) is 5.69 Å². The lowest BCUT2D eigenvalue weighted by Gasteiger charge is -2.28. The van der Waals surface area contributed by atoms with Crippen molar-refractivity contribution >= 4 is 18.1 Å². The molecule has 118 valence electrons. The number of rotatable bonds is 6. The van der Waals surface area contributed by atoms with Gasteiger partial charge in [0.15, 0.2) is 0 Å². The molecule has 1 saturated heterocycles. The van der Waals surface area contributed by atoms with Crippen LogP contribution in [0.1, 0.15) is 30.9 Å². The van der Waals surface area contributed by atoms with Crippen LogP contribution >= 0.6 is 12.4 Å². The quantitative estimate of drug-likeness (QED) is 0.648. The van der Waals surface area contributed by atoms with Crippen LogP contribution in [0.25, 0.3) is 0 Å². The Morgan fingerprint density at radius 2 is 2.24 bits per heavy atom. The molecule has 0 aromatic heterocycles. The second-order valence-electron chi connectivity index (χ2n) is 5.44. The number of benzene rings is 1. The lowest BCUT2D eigenvalue weighted by atomic mass is 10.0. The highest BCUT2D eigenvalue weighted by Gasteiger charge is 2.23. The summed E-state index contributed by atoms with van der Waals surface area (Å²) in [5, 5.41) is 14.4. The van der Waals surface area contributed by atoms with Crippen molar-refractivity contribution in [3.63, 3.8) is 0 Å². The maximum atomic E-state index is 11.0. The molecule has 1 aromatic carbocycles. The van der Waals surface area contributed by atoms with Crippen molar-refractivity contribution in [1.82, 2.24) is 10.2 Å². The summed E-state index contributed by atoms with van der Waals surface area (Å²) in [6.07, 6.45) is 2.26. The van der Waals surface area contributed by atoms with Gasteiger partial charge in [0.05, 0.1) is 4.92 Å². The molecule has 1 N–H and O–H groups in total. The van der Waals surface area contributed by atoms with E-state index < -0.39 is 0 Å². The first-order valence-electron chi connectivity index (χ1n) is 7.31. The molecule has 0 bridgehead atoms. The second kappa shape index (κ2) is 8.32. The van der Waals surface area contributed by atoms with Crippen LogP contribution < -0.4 is 5.32 Å². The Bertz CT molecular complexity index is 476. The summed E-state index contributed by atoms with van der Waals surface area (Å²) in [5.41, 5.74) is 2.09. The molecule has 0 amide bonds. The van der Waals surface area contributed by atoms with Gasteiger partial charge in [0.2, 0.25) is 0 Å². The average Bonchev–Trinajstić information content (AvgIpc) is 2.94. The van der Waals surface area contributed by atoms with Crippen LogP contribution in [-0.2, 0) is 6.54 Å².